The minimum absolute atomic E-state index is 0.240. The lowest BCUT2D eigenvalue weighted by Crippen LogP contribution is -2.52. The van der Waals surface area contributed by atoms with E-state index in [1.165, 1.54) is 31.2 Å². The molecule has 0 bridgehead atoms. The minimum atomic E-state index is 0.240. The van der Waals surface area contributed by atoms with E-state index in [1.54, 1.807) is 7.11 Å². The highest BCUT2D eigenvalue weighted by Crippen LogP contribution is 2.43. The van der Waals surface area contributed by atoms with Crippen molar-refractivity contribution in [1.82, 2.24) is 10.2 Å². The summed E-state index contributed by atoms with van der Waals surface area (Å²) in [5.41, 5.74) is 1.61. The lowest BCUT2D eigenvalue weighted by molar-refractivity contribution is 0.104. The molecule has 0 aromatic heterocycles. The molecule has 1 aliphatic carbocycles. The van der Waals surface area contributed by atoms with Crippen molar-refractivity contribution in [2.45, 2.75) is 50.6 Å². The largest absolute Gasteiger partial charge is 0.497 e. The quantitative estimate of drug-likeness (QED) is 0.830. The molecule has 2 rings (SSSR count). The number of ether oxygens (including phenoxy) is 1. The molecule has 3 nitrogen and oxygen atoms in total. The molecule has 0 amide bonds. The molecule has 0 heterocycles. The second-order valence-electron chi connectivity index (χ2n) is 6.37. The first kappa shape index (κ1) is 16.3. The van der Waals surface area contributed by atoms with E-state index in [4.69, 9.17) is 4.74 Å². The molecule has 21 heavy (non-hydrogen) atoms. The number of benzene rings is 1. The SMILES string of the molecule is CCCNC(c1ccc(OC)cc1)C1(N(C)C)CCCC1. The van der Waals surface area contributed by atoms with Gasteiger partial charge in [0.2, 0.25) is 0 Å². The number of nitrogens with one attached hydrogen (secondary N) is 1. The Kier molecular flexibility index (Phi) is 5.65. The van der Waals surface area contributed by atoms with Crippen molar-refractivity contribution in [3.8, 4) is 5.75 Å². The third-order valence-electron chi connectivity index (χ3n) is 4.94. The van der Waals surface area contributed by atoms with Crippen LogP contribution in [0.15, 0.2) is 24.3 Å². The van der Waals surface area contributed by atoms with Gasteiger partial charge in [-0.15, -0.1) is 0 Å². The highest BCUT2D eigenvalue weighted by Gasteiger charge is 2.43. The summed E-state index contributed by atoms with van der Waals surface area (Å²) < 4.78 is 5.30. The number of hydrogen-bond acceptors (Lipinski definition) is 3. The maximum atomic E-state index is 5.30. The smallest absolute Gasteiger partial charge is 0.118 e. The Balaban J connectivity index is 2.31. The van der Waals surface area contributed by atoms with Gasteiger partial charge in [0, 0.05) is 5.54 Å². The molecule has 1 aromatic rings. The Morgan fingerprint density at radius 3 is 2.29 bits per heavy atom. The van der Waals surface area contributed by atoms with Gasteiger partial charge >= 0.3 is 0 Å². The van der Waals surface area contributed by atoms with Crippen molar-refractivity contribution < 1.29 is 4.74 Å². The molecular formula is C18H30N2O. The molecule has 1 N–H and O–H groups in total. The van der Waals surface area contributed by atoms with E-state index in [1.807, 2.05) is 0 Å². The summed E-state index contributed by atoms with van der Waals surface area (Å²) >= 11 is 0. The lowest BCUT2D eigenvalue weighted by atomic mass is 9.82. The van der Waals surface area contributed by atoms with Crippen LogP contribution in [0.25, 0.3) is 0 Å². The van der Waals surface area contributed by atoms with Gasteiger partial charge in [0.05, 0.1) is 13.2 Å². The fourth-order valence-corrected chi connectivity index (χ4v) is 3.68. The standard InChI is InChI=1S/C18H30N2O/c1-5-14-19-17(15-8-10-16(21-4)11-9-15)18(20(2)3)12-6-7-13-18/h8-11,17,19H,5-7,12-14H2,1-4H3. The first-order valence-corrected chi connectivity index (χ1v) is 8.19. The van der Waals surface area contributed by atoms with Crippen LogP contribution >= 0.6 is 0 Å². The van der Waals surface area contributed by atoms with Crippen molar-refractivity contribution >= 4 is 0 Å². The van der Waals surface area contributed by atoms with Crippen LogP contribution in [0.4, 0.5) is 0 Å². The summed E-state index contributed by atoms with van der Waals surface area (Å²) in [6.07, 6.45) is 6.37. The van der Waals surface area contributed by atoms with Crippen LogP contribution in [-0.2, 0) is 0 Å². The molecule has 1 unspecified atom stereocenters. The van der Waals surface area contributed by atoms with Gasteiger partial charge in [-0.3, -0.25) is 0 Å². The van der Waals surface area contributed by atoms with E-state index in [0.717, 1.165) is 18.7 Å². The first-order valence-electron chi connectivity index (χ1n) is 8.19. The van der Waals surface area contributed by atoms with E-state index in [9.17, 15) is 0 Å². The van der Waals surface area contributed by atoms with Crippen molar-refractivity contribution in [2.75, 3.05) is 27.7 Å². The molecule has 0 aliphatic heterocycles. The number of hydrogen-bond donors (Lipinski definition) is 1. The van der Waals surface area contributed by atoms with Gasteiger partial charge in [-0.25, -0.2) is 0 Å². The summed E-state index contributed by atoms with van der Waals surface area (Å²) in [4.78, 5) is 2.44. The molecule has 0 radical (unpaired) electrons. The number of likely N-dealkylation sites (N-methyl/N-ethyl adjacent to an activating group) is 1. The van der Waals surface area contributed by atoms with Crippen molar-refractivity contribution in [3.05, 3.63) is 29.8 Å². The molecule has 3 heteroatoms. The predicted molar refractivity (Wildman–Crippen MR) is 88.9 cm³/mol. The van der Waals surface area contributed by atoms with Gasteiger partial charge in [0.25, 0.3) is 0 Å². The van der Waals surface area contributed by atoms with Gasteiger partial charge in [0.15, 0.2) is 0 Å². The number of methoxy groups -OCH3 is 1. The molecule has 1 atom stereocenters. The van der Waals surface area contributed by atoms with Crippen molar-refractivity contribution in [2.24, 2.45) is 0 Å². The summed E-state index contributed by atoms with van der Waals surface area (Å²) in [5.74, 6) is 0.929. The van der Waals surface area contributed by atoms with Crippen LogP contribution < -0.4 is 10.1 Å². The molecule has 0 saturated heterocycles. The van der Waals surface area contributed by atoms with Crippen LogP contribution in [-0.4, -0.2) is 38.2 Å². The minimum Gasteiger partial charge on any atom is -0.497 e. The highest BCUT2D eigenvalue weighted by atomic mass is 16.5. The Hall–Kier alpha value is -1.06. The molecule has 1 aromatic carbocycles. The van der Waals surface area contributed by atoms with Crippen LogP contribution in [0.1, 0.15) is 50.6 Å². The van der Waals surface area contributed by atoms with Gasteiger partial charge in [0.1, 0.15) is 5.75 Å². The molecule has 1 aliphatic rings. The Morgan fingerprint density at radius 2 is 1.81 bits per heavy atom. The van der Waals surface area contributed by atoms with Gasteiger partial charge in [-0.05, 0) is 57.6 Å². The fraction of sp³-hybridized carbons (Fsp3) is 0.667. The van der Waals surface area contributed by atoms with E-state index in [-0.39, 0.29) is 5.54 Å². The van der Waals surface area contributed by atoms with Gasteiger partial charge in [-0.2, -0.15) is 0 Å². The number of nitrogens with zero attached hydrogens (tertiary/aromatic N) is 1. The maximum Gasteiger partial charge on any atom is 0.118 e. The molecule has 0 spiro atoms. The Bertz CT molecular complexity index is 421. The number of rotatable bonds is 7. The predicted octanol–water partition coefficient (Wildman–Crippen LogP) is 3.61. The average molecular weight is 290 g/mol. The summed E-state index contributed by atoms with van der Waals surface area (Å²) in [7, 11) is 6.19. The zero-order valence-corrected chi connectivity index (χ0v) is 14.0. The van der Waals surface area contributed by atoms with E-state index in [0.29, 0.717) is 6.04 Å². The van der Waals surface area contributed by atoms with Crippen LogP contribution in [0.5, 0.6) is 5.75 Å². The van der Waals surface area contributed by atoms with Crippen molar-refractivity contribution in [1.29, 1.82) is 0 Å². The summed E-state index contributed by atoms with van der Waals surface area (Å²) in [5, 5.41) is 3.80. The van der Waals surface area contributed by atoms with Crippen molar-refractivity contribution in [3.63, 3.8) is 0 Å². The third kappa shape index (κ3) is 3.41. The van der Waals surface area contributed by atoms with E-state index >= 15 is 0 Å². The second kappa shape index (κ2) is 7.28. The zero-order chi connectivity index (χ0) is 15.3. The zero-order valence-electron chi connectivity index (χ0n) is 14.0. The first-order chi connectivity index (χ1) is 10.1. The van der Waals surface area contributed by atoms with Crippen LogP contribution in [0, 0.1) is 0 Å². The van der Waals surface area contributed by atoms with Crippen LogP contribution in [0.3, 0.4) is 0 Å². The average Bonchev–Trinajstić information content (AvgIpc) is 2.99. The van der Waals surface area contributed by atoms with E-state index in [2.05, 4.69) is 55.5 Å². The third-order valence-corrected chi connectivity index (χ3v) is 4.94. The molecule has 1 fully saturated rings. The highest BCUT2D eigenvalue weighted by molar-refractivity contribution is 5.31. The van der Waals surface area contributed by atoms with Crippen LogP contribution in [0.2, 0.25) is 0 Å². The monoisotopic (exact) mass is 290 g/mol. The summed E-state index contributed by atoms with van der Waals surface area (Å²) in [6, 6.07) is 8.98. The molecule has 118 valence electrons. The normalized spacial score (nSPS) is 18.9. The fourth-order valence-electron chi connectivity index (χ4n) is 3.68. The Labute approximate surface area is 129 Å². The van der Waals surface area contributed by atoms with Gasteiger partial charge < -0.3 is 15.0 Å². The molecule has 1 saturated carbocycles. The molecular weight excluding hydrogens is 260 g/mol. The lowest BCUT2D eigenvalue weighted by Gasteiger charge is -2.44. The van der Waals surface area contributed by atoms with E-state index < -0.39 is 0 Å². The summed E-state index contributed by atoms with van der Waals surface area (Å²) in [6.45, 7) is 3.29. The second-order valence-corrected chi connectivity index (χ2v) is 6.37. The maximum absolute atomic E-state index is 5.30. The topological polar surface area (TPSA) is 24.5 Å². The van der Waals surface area contributed by atoms with Gasteiger partial charge in [-0.1, -0.05) is 31.9 Å². The Morgan fingerprint density at radius 1 is 1.19 bits per heavy atom.